The van der Waals surface area contributed by atoms with E-state index in [2.05, 4.69) is 10.6 Å². The Bertz CT molecular complexity index is 612. The Labute approximate surface area is 161 Å². The number of halogens is 1. The zero-order valence-corrected chi connectivity index (χ0v) is 16.5. The number of amides is 1. The lowest BCUT2D eigenvalue weighted by molar-refractivity contribution is -0.123. The third-order valence-corrected chi connectivity index (χ3v) is 5.42. The molecule has 1 saturated carbocycles. The van der Waals surface area contributed by atoms with Crippen molar-refractivity contribution >= 4 is 18.3 Å². The molecule has 3 unspecified atom stereocenters. The molecule has 146 valence electrons. The molecule has 0 aromatic heterocycles. The molecule has 2 N–H and O–H groups in total. The second-order valence-electron chi connectivity index (χ2n) is 6.84. The number of fused-ring (bicyclic) bond motifs is 1. The molecule has 1 aromatic carbocycles. The van der Waals surface area contributed by atoms with Gasteiger partial charge in [-0.3, -0.25) is 4.79 Å². The summed E-state index contributed by atoms with van der Waals surface area (Å²) in [6.07, 6.45) is 5.94. The number of benzene rings is 1. The van der Waals surface area contributed by atoms with E-state index in [0.717, 1.165) is 12.0 Å². The van der Waals surface area contributed by atoms with Gasteiger partial charge in [-0.15, -0.1) is 12.4 Å². The van der Waals surface area contributed by atoms with E-state index >= 15 is 0 Å². The molecule has 0 radical (unpaired) electrons. The van der Waals surface area contributed by atoms with Crippen LogP contribution >= 0.6 is 12.4 Å². The molecule has 1 amide bonds. The van der Waals surface area contributed by atoms with Crippen LogP contribution in [0.15, 0.2) is 12.1 Å². The van der Waals surface area contributed by atoms with Crippen LogP contribution in [0.5, 0.6) is 17.2 Å². The number of hydrogen-bond donors (Lipinski definition) is 2. The molecule has 3 rings (SSSR count). The van der Waals surface area contributed by atoms with Crippen molar-refractivity contribution in [3.05, 3.63) is 17.7 Å². The van der Waals surface area contributed by atoms with E-state index in [1.54, 1.807) is 27.4 Å². The molecule has 0 bridgehead atoms. The Kier molecular flexibility index (Phi) is 7.41. The molecule has 1 heterocycles. The number of hydrogen-bond acceptors (Lipinski definition) is 5. The number of rotatable bonds is 6. The second kappa shape index (κ2) is 9.33. The molecule has 7 heteroatoms. The Morgan fingerprint density at radius 2 is 1.73 bits per heavy atom. The maximum absolute atomic E-state index is 12.6. The van der Waals surface area contributed by atoms with E-state index in [0.29, 0.717) is 35.8 Å². The average Bonchev–Trinajstić information content (AvgIpc) is 3.09. The fourth-order valence-corrected chi connectivity index (χ4v) is 4.06. The summed E-state index contributed by atoms with van der Waals surface area (Å²) < 4.78 is 16.1. The fraction of sp³-hybridized carbons (Fsp3) is 0.632. The molecular formula is C19H29ClN2O4. The van der Waals surface area contributed by atoms with Crippen LogP contribution in [0.3, 0.4) is 0 Å². The van der Waals surface area contributed by atoms with Crippen molar-refractivity contribution in [2.24, 2.45) is 5.92 Å². The van der Waals surface area contributed by atoms with E-state index in [4.69, 9.17) is 14.2 Å². The van der Waals surface area contributed by atoms with Gasteiger partial charge in [0.2, 0.25) is 5.91 Å². The van der Waals surface area contributed by atoms with E-state index in [1.165, 1.54) is 25.7 Å². The first-order valence-electron chi connectivity index (χ1n) is 8.99. The first-order valence-corrected chi connectivity index (χ1v) is 8.99. The zero-order valence-electron chi connectivity index (χ0n) is 15.7. The topological polar surface area (TPSA) is 68.8 Å². The van der Waals surface area contributed by atoms with Crippen LogP contribution in [0, 0.1) is 5.92 Å². The van der Waals surface area contributed by atoms with Crippen molar-refractivity contribution in [3.63, 3.8) is 0 Å². The fourth-order valence-electron chi connectivity index (χ4n) is 4.06. The Balaban J connectivity index is 0.00000243. The second-order valence-corrected chi connectivity index (χ2v) is 6.84. The van der Waals surface area contributed by atoms with Gasteiger partial charge in [0.05, 0.1) is 27.4 Å². The summed E-state index contributed by atoms with van der Waals surface area (Å²) >= 11 is 0. The number of nitrogens with one attached hydrogen (secondary N) is 2. The highest BCUT2D eigenvalue weighted by Crippen LogP contribution is 2.35. The van der Waals surface area contributed by atoms with Gasteiger partial charge >= 0.3 is 0 Å². The van der Waals surface area contributed by atoms with Gasteiger partial charge < -0.3 is 24.8 Å². The predicted molar refractivity (Wildman–Crippen MR) is 102 cm³/mol. The first-order chi connectivity index (χ1) is 12.2. The molecular weight excluding hydrogens is 356 g/mol. The average molecular weight is 385 g/mol. The van der Waals surface area contributed by atoms with Gasteiger partial charge in [0.15, 0.2) is 11.5 Å². The lowest BCUT2D eigenvalue weighted by Crippen LogP contribution is -2.42. The van der Waals surface area contributed by atoms with Gasteiger partial charge in [0.25, 0.3) is 0 Å². The number of ether oxygens (including phenoxy) is 3. The standard InChI is InChI=1S/C19H28N2O4.ClH/c1-23-16-10-18(25-3)17(24-2)9-13(16)11-20-19(22)15-8-12-6-4-5-7-14(12)21-15;/h9-10,12,14-15,21H,4-8,11H2,1-3H3,(H,20,22);1H. The highest BCUT2D eigenvalue weighted by atomic mass is 35.5. The molecule has 1 aliphatic heterocycles. The minimum atomic E-state index is -0.0840. The van der Waals surface area contributed by atoms with Crippen LogP contribution in [0.4, 0.5) is 0 Å². The minimum Gasteiger partial charge on any atom is -0.496 e. The molecule has 1 aromatic rings. The molecule has 1 aliphatic carbocycles. The smallest absolute Gasteiger partial charge is 0.237 e. The zero-order chi connectivity index (χ0) is 17.8. The van der Waals surface area contributed by atoms with Crippen molar-refractivity contribution in [1.29, 1.82) is 0 Å². The molecule has 6 nitrogen and oxygen atoms in total. The third-order valence-electron chi connectivity index (χ3n) is 5.42. The van der Waals surface area contributed by atoms with E-state index in [1.807, 2.05) is 6.07 Å². The maximum atomic E-state index is 12.6. The van der Waals surface area contributed by atoms with Gasteiger partial charge in [-0.25, -0.2) is 0 Å². The molecule has 0 spiro atoms. The minimum absolute atomic E-state index is 0. The Morgan fingerprint density at radius 3 is 2.38 bits per heavy atom. The van der Waals surface area contributed by atoms with Gasteiger partial charge in [-0.05, 0) is 31.2 Å². The predicted octanol–water partition coefficient (Wildman–Crippen LogP) is 2.67. The lowest BCUT2D eigenvalue weighted by Gasteiger charge is -2.24. The summed E-state index contributed by atoms with van der Waals surface area (Å²) in [6.45, 7) is 0.399. The van der Waals surface area contributed by atoms with E-state index in [-0.39, 0.29) is 24.4 Å². The summed E-state index contributed by atoms with van der Waals surface area (Å²) in [5.41, 5.74) is 0.865. The van der Waals surface area contributed by atoms with Gasteiger partial charge in [-0.2, -0.15) is 0 Å². The number of methoxy groups -OCH3 is 3. The normalized spacial score (nSPS) is 24.2. The van der Waals surface area contributed by atoms with Crippen LogP contribution in [-0.4, -0.2) is 39.3 Å². The van der Waals surface area contributed by atoms with Crippen molar-refractivity contribution in [2.75, 3.05) is 21.3 Å². The Morgan fingerprint density at radius 1 is 1.08 bits per heavy atom. The summed E-state index contributed by atoms with van der Waals surface area (Å²) in [4.78, 5) is 12.6. The maximum Gasteiger partial charge on any atom is 0.237 e. The summed E-state index contributed by atoms with van der Waals surface area (Å²) in [7, 11) is 4.79. The van der Waals surface area contributed by atoms with Crippen LogP contribution in [0.1, 0.15) is 37.7 Å². The lowest BCUT2D eigenvalue weighted by atomic mass is 9.85. The van der Waals surface area contributed by atoms with Crippen LogP contribution in [0.2, 0.25) is 0 Å². The van der Waals surface area contributed by atoms with Gasteiger partial charge in [-0.1, -0.05) is 12.8 Å². The monoisotopic (exact) mass is 384 g/mol. The SMILES string of the molecule is COc1cc(OC)c(OC)cc1CNC(=O)C1CC2CCCCC2N1.Cl. The summed E-state index contributed by atoms with van der Waals surface area (Å²) in [6, 6.07) is 4.06. The van der Waals surface area contributed by atoms with E-state index < -0.39 is 0 Å². The van der Waals surface area contributed by atoms with Gasteiger partial charge in [0.1, 0.15) is 5.75 Å². The van der Waals surface area contributed by atoms with E-state index in [9.17, 15) is 4.79 Å². The number of carbonyl (C=O) groups excluding carboxylic acids is 1. The van der Waals surface area contributed by atoms with Crippen LogP contribution < -0.4 is 24.8 Å². The molecule has 2 fully saturated rings. The van der Waals surface area contributed by atoms with Crippen molar-refractivity contribution in [1.82, 2.24) is 10.6 Å². The largest absolute Gasteiger partial charge is 0.496 e. The van der Waals surface area contributed by atoms with Crippen molar-refractivity contribution in [3.8, 4) is 17.2 Å². The van der Waals surface area contributed by atoms with Crippen LogP contribution in [0.25, 0.3) is 0 Å². The third kappa shape index (κ3) is 4.35. The molecule has 1 saturated heterocycles. The quantitative estimate of drug-likeness (QED) is 0.789. The highest BCUT2D eigenvalue weighted by Gasteiger charge is 2.38. The summed E-state index contributed by atoms with van der Waals surface area (Å²) in [5.74, 6) is 2.62. The Hall–Kier alpha value is -1.66. The summed E-state index contributed by atoms with van der Waals surface area (Å²) in [5, 5.41) is 6.55. The van der Waals surface area contributed by atoms with Gasteiger partial charge in [0, 0.05) is 24.2 Å². The van der Waals surface area contributed by atoms with Crippen molar-refractivity contribution in [2.45, 2.75) is 50.7 Å². The molecule has 2 aliphatic rings. The van der Waals surface area contributed by atoms with Crippen LogP contribution in [-0.2, 0) is 11.3 Å². The molecule has 26 heavy (non-hydrogen) atoms. The highest BCUT2D eigenvalue weighted by molar-refractivity contribution is 5.85. The molecule has 3 atom stereocenters. The van der Waals surface area contributed by atoms with Crippen molar-refractivity contribution < 1.29 is 19.0 Å². The number of carbonyl (C=O) groups is 1. The first kappa shape index (κ1) is 20.6.